The monoisotopic (exact) mass is 257 g/mol. The maximum atomic E-state index is 5.77. The summed E-state index contributed by atoms with van der Waals surface area (Å²) in [4.78, 5) is 2.59. The second-order valence-electron chi connectivity index (χ2n) is 5.55. The van der Waals surface area contributed by atoms with Gasteiger partial charge in [0, 0.05) is 12.1 Å². The van der Waals surface area contributed by atoms with Gasteiger partial charge in [0.15, 0.2) is 0 Å². The van der Waals surface area contributed by atoms with Crippen molar-refractivity contribution in [3.63, 3.8) is 0 Å². The molecule has 0 saturated carbocycles. The van der Waals surface area contributed by atoms with Gasteiger partial charge in [-0.1, -0.05) is 20.3 Å². The third-order valence-electron chi connectivity index (χ3n) is 4.38. The van der Waals surface area contributed by atoms with E-state index >= 15 is 0 Å². The molecule has 0 amide bonds. The van der Waals surface area contributed by atoms with Crippen molar-refractivity contribution in [1.82, 2.24) is 10.3 Å². The molecule has 0 aromatic heterocycles. The van der Waals surface area contributed by atoms with Crippen LogP contribution in [0.1, 0.15) is 52.9 Å². The van der Waals surface area contributed by atoms with E-state index in [1.165, 1.54) is 32.4 Å². The van der Waals surface area contributed by atoms with E-state index in [4.69, 9.17) is 10.6 Å². The average Bonchev–Trinajstić information content (AvgIpc) is 2.44. The van der Waals surface area contributed by atoms with Crippen LogP contribution < -0.4 is 11.3 Å². The van der Waals surface area contributed by atoms with E-state index in [0.29, 0.717) is 6.61 Å². The Hall–Kier alpha value is -0.160. The number of rotatable bonds is 8. The van der Waals surface area contributed by atoms with Crippen molar-refractivity contribution in [3.05, 3.63) is 0 Å². The Balaban J connectivity index is 2.62. The highest BCUT2D eigenvalue weighted by Gasteiger charge is 2.38. The molecule has 4 nitrogen and oxygen atoms in total. The highest BCUT2D eigenvalue weighted by molar-refractivity contribution is 4.96. The minimum Gasteiger partial charge on any atom is -0.380 e. The van der Waals surface area contributed by atoms with Crippen molar-refractivity contribution >= 4 is 0 Å². The molecule has 1 aliphatic heterocycles. The Morgan fingerprint density at radius 1 is 1.28 bits per heavy atom. The largest absolute Gasteiger partial charge is 0.380 e. The van der Waals surface area contributed by atoms with Gasteiger partial charge in [-0.2, -0.15) is 0 Å². The normalized spacial score (nSPS) is 22.7. The summed E-state index contributed by atoms with van der Waals surface area (Å²) in [5.41, 5.74) is 3.08. The second kappa shape index (κ2) is 8.10. The summed E-state index contributed by atoms with van der Waals surface area (Å²) in [6, 6.07) is 0.201. The third kappa shape index (κ3) is 3.92. The summed E-state index contributed by atoms with van der Waals surface area (Å²) in [5.74, 6) is 5.77. The van der Waals surface area contributed by atoms with E-state index in [0.717, 1.165) is 19.4 Å². The van der Waals surface area contributed by atoms with Gasteiger partial charge >= 0.3 is 0 Å². The number of piperidine rings is 1. The molecule has 0 aromatic rings. The van der Waals surface area contributed by atoms with Gasteiger partial charge in [0.05, 0.1) is 12.6 Å². The van der Waals surface area contributed by atoms with Gasteiger partial charge < -0.3 is 4.74 Å². The van der Waals surface area contributed by atoms with Gasteiger partial charge in [-0.05, 0) is 45.7 Å². The molecule has 2 atom stereocenters. The fraction of sp³-hybridized carbons (Fsp3) is 1.00. The molecular weight excluding hydrogens is 226 g/mol. The Kier molecular flexibility index (Phi) is 7.15. The molecule has 108 valence electrons. The van der Waals surface area contributed by atoms with Crippen LogP contribution in [0.25, 0.3) is 0 Å². The zero-order chi connectivity index (χ0) is 13.4. The van der Waals surface area contributed by atoms with Crippen molar-refractivity contribution in [2.75, 3.05) is 26.3 Å². The van der Waals surface area contributed by atoms with Crippen molar-refractivity contribution in [1.29, 1.82) is 0 Å². The van der Waals surface area contributed by atoms with Crippen LogP contribution in [0, 0.1) is 0 Å². The van der Waals surface area contributed by atoms with Crippen molar-refractivity contribution in [2.24, 2.45) is 5.84 Å². The third-order valence-corrected chi connectivity index (χ3v) is 4.38. The lowest BCUT2D eigenvalue weighted by atomic mass is 9.86. The van der Waals surface area contributed by atoms with Crippen LogP contribution in [0.3, 0.4) is 0 Å². The average molecular weight is 257 g/mol. The van der Waals surface area contributed by atoms with Crippen LogP contribution in [0.5, 0.6) is 0 Å². The molecule has 2 unspecified atom stereocenters. The second-order valence-corrected chi connectivity index (χ2v) is 5.55. The molecule has 18 heavy (non-hydrogen) atoms. The van der Waals surface area contributed by atoms with E-state index in [1.54, 1.807) is 0 Å². The molecule has 1 saturated heterocycles. The lowest BCUT2D eigenvalue weighted by molar-refractivity contribution is 0.00275. The van der Waals surface area contributed by atoms with Crippen LogP contribution in [-0.2, 0) is 4.74 Å². The van der Waals surface area contributed by atoms with Crippen molar-refractivity contribution in [3.8, 4) is 0 Å². The molecule has 1 heterocycles. The highest BCUT2D eigenvalue weighted by atomic mass is 16.5. The van der Waals surface area contributed by atoms with E-state index in [9.17, 15) is 0 Å². The van der Waals surface area contributed by atoms with E-state index < -0.39 is 0 Å². The molecule has 0 radical (unpaired) electrons. The van der Waals surface area contributed by atoms with Gasteiger partial charge in [0.1, 0.15) is 0 Å². The van der Waals surface area contributed by atoms with E-state index in [-0.39, 0.29) is 11.6 Å². The number of hydrazine groups is 1. The Bertz CT molecular complexity index is 219. The van der Waals surface area contributed by atoms with E-state index in [1.807, 2.05) is 0 Å². The smallest absolute Gasteiger partial charge is 0.0651 e. The SMILES string of the molecule is CCCOCC(NN)C(C)(CC)N1CCCCC1. The summed E-state index contributed by atoms with van der Waals surface area (Å²) in [6.07, 6.45) is 6.13. The molecule has 4 heteroatoms. The first-order valence-electron chi connectivity index (χ1n) is 7.48. The summed E-state index contributed by atoms with van der Waals surface area (Å²) >= 11 is 0. The van der Waals surface area contributed by atoms with Gasteiger partial charge in [-0.3, -0.25) is 16.2 Å². The zero-order valence-corrected chi connectivity index (χ0v) is 12.4. The number of nitrogens with zero attached hydrogens (tertiary/aromatic N) is 1. The fourth-order valence-corrected chi connectivity index (χ4v) is 2.85. The first kappa shape index (κ1) is 15.9. The van der Waals surface area contributed by atoms with Gasteiger partial charge in [-0.25, -0.2) is 0 Å². The minimum absolute atomic E-state index is 0.100. The Morgan fingerprint density at radius 3 is 2.44 bits per heavy atom. The molecule has 1 fully saturated rings. The topological polar surface area (TPSA) is 50.5 Å². The predicted molar refractivity (Wildman–Crippen MR) is 76.3 cm³/mol. The summed E-state index contributed by atoms with van der Waals surface area (Å²) in [5, 5.41) is 0. The lowest BCUT2D eigenvalue weighted by Crippen LogP contribution is -2.63. The van der Waals surface area contributed by atoms with Crippen molar-refractivity contribution < 1.29 is 4.74 Å². The number of hydrogen-bond acceptors (Lipinski definition) is 4. The maximum absolute atomic E-state index is 5.77. The zero-order valence-electron chi connectivity index (χ0n) is 12.4. The van der Waals surface area contributed by atoms with Gasteiger partial charge in [-0.15, -0.1) is 0 Å². The molecule has 0 aromatic carbocycles. The van der Waals surface area contributed by atoms with Gasteiger partial charge in [0.2, 0.25) is 0 Å². The summed E-state index contributed by atoms with van der Waals surface area (Å²) < 4.78 is 5.71. The van der Waals surface area contributed by atoms with Crippen LogP contribution in [0.15, 0.2) is 0 Å². The highest BCUT2D eigenvalue weighted by Crippen LogP contribution is 2.27. The molecule has 1 rings (SSSR count). The molecule has 0 aliphatic carbocycles. The Morgan fingerprint density at radius 2 is 1.94 bits per heavy atom. The molecule has 0 spiro atoms. The molecule has 1 aliphatic rings. The maximum Gasteiger partial charge on any atom is 0.0651 e. The minimum atomic E-state index is 0.100. The number of nitrogens with two attached hydrogens (primary N) is 1. The summed E-state index contributed by atoms with van der Waals surface area (Å²) in [7, 11) is 0. The number of likely N-dealkylation sites (tertiary alicyclic amines) is 1. The summed E-state index contributed by atoms with van der Waals surface area (Å²) in [6.45, 7) is 10.6. The van der Waals surface area contributed by atoms with Crippen LogP contribution >= 0.6 is 0 Å². The van der Waals surface area contributed by atoms with E-state index in [2.05, 4.69) is 31.1 Å². The molecule has 0 bridgehead atoms. The predicted octanol–water partition coefficient (Wildman–Crippen LogP) is 1.90. The standard InChI is InChI=1S/C14H31N3O/c1-4-11-18-12-13(16-15)14(3,5-2)17-9-7-6-8-10-17/h13,16H,4-12,15H2,1-3H3. The first-order valence-corrected chi connectivity index (χ1v) is 7.48. The van der Waals surface area contributed by atoms with Crippen LogP contribution in [0.4, 0.5) is 0 Å². The quantitative estimate of drug-likeness (QED) is 0.396. The van der Waals surface area contributed by atoms with Crippen LogP contribution in [-0.4, -0.2) is 42.8 Å². The number of hydrogen-bond donors (Lipinski definition) is 2. The van der Waals surface area contributed by atoms with Crippen LogP contribution in [0.2, 0.25) is 0 Å². The van der Waals surface area contributed by atoms with Crippen molar-refractivity contribution in [2.45, 2.75) is 64.5 Å². The molecular formula is C14H31N3O. The number of ether oxygens (including phenoxy) is 1. The lowest BCUT2D eigenvalue weighted by Gasteiger charge is -2.47. The molecule has 3 N–H and O–H groups in total. The fourth-order valence-electron chi connectivity index (χ4n) is 2.85. The van der Waals surface area contributed by atoms with Gasteiger partial charge in [0.25, 0.3) is 0 Å². The number of nitrogens with one attached hydrogen (secondary N) is 1. The Labute approximate surface area is 112 Å². The first-order chi connectivity index (χ1) is 8.69.